The van der Waals surface area contributed by atoms with Crippen LogP contribution in [0.3, 0.4) is 0 Å². The Bertz CT molecular complexity index is 576. The number of hydrogen-bond acceptors (Lipinski definition) is 3. The zero-order valence-electron chi connectivity index (χ0n) is 14.3. The summed E-state index contributed by atoms with van der Waals surface area (Å²) in [6.07, 6.45) is -1.02. The van der Waals surface area contributed by atoms with Crippen LogP contribution >= 0.6 is 0 Å². The van der Waals surface area contributed by atoms with Crippen LogP contribution in [0.4, 0.5) is 4.79 Å². The molecule has 0 spiro atoms. The zero-order valence-corrected chi connectivity index (χ0v) is 14.3. The molecule has 4 N–H and O–H groups in total. The lowest BCUT2D eigenvalue weighted by molar-refractivity contribution is -0.119. The quantitative estimate of drug-likeness (QED) is 0.748. The second-order valence-electron chi connectivity index (χ2n) is 6.86. The second kappa shape index (κ2) is 7.35. The summed E-state index contributed by atoms with van der Waals surface area (Å²) in [5, 5.41) is 10.9. The summed E-state index contributed by atoms with van der Waals surface area (Å²) in [6, 6.07) is 4.66. The fraction of sp³-hybridized carbons (Fsp3) is 0.529. The minimum Gasteiger partial charge on any atom is -0.491 e. The highest BCUT2D eigenvalue weighted by molar-refractivity contribution is 5.84. The van der Waals surface area contributed by atoms with Crippen LogP contribution in [-0.2, 0) is 16.6 Å². The molecule has 0 saturated carbocycles. The Morgan fingerprint density at radius 1 is 1.30 bits per heavy atom. The lowest BCUT2D eigenvalue weighted by Crippen LogP contribution is -2.45. The van der Waals surface area contributed by atoms with Gasteiger partial charge in [-0.05, 0) is 36.5 Å². The maximum Gasteiger partial charge on any atom is 0.405 e. The maximum absolute atomic E-state index is 11.4. The number of carbonyl (C=O) groups is 2. The van der Waals surface area contributed by atoms with Crippen molar-refractivity contribution in [3.05, 3.63) is 29.3 Å². The molecule has 2 amide bonds. The molecule has 0 aromatic heterocycles. The Morgan fingerprint density at radius 2 is 1.91 bits per heavy atom. The van der Waals surface area contributed by atoms with Gasteiger partial charge >= 0.3 is 6.09 Å². The minimum absolute atomic E-state index is 0.0500. The van der Waals surface area contributed by atoms with E-state index in [1.165, 1.54) is 0 Å². The van der Waals surface area contributed by atoms with Crippen LogP contribution in [0.15, 0.2) is 18.2 Å². The Hall–Kier alpha value is -2.24. The molecule has 0 aliphatic rings. The maximum atomic E-state index is 11.4. The number of nitrogens with two attached hydrogens (primary N) is 1. The number of carboxylic acid groups (broad SMARTS) is 1. The van der Waals surface area contributed by atoms with Crippen molar-refractivity contribution < 1.29 is 19.4 Å². The monoisotopic (exact) mass is 322 g/mol. The standard InChI is InChI=1S/C17H26N2O4/c1-10(2)23-14-7-6-11(8-12(14)17(3,4)5)9-13(15(18)20)19-16(21)22/h6-8,10,13,19H,9H2,1-5H3,(H2,18,20)(H,21,22). The highest BCUT2D eigenvalue weighted by Gasteiger charge is 2.23. The number of benzene rings is 1. The Kier molecular flexibility index (Phi) is 6.01. The number of carbonyl (C=O) groups excluding carboxylic acids is 1. The van der Waals surface area contributed by atoms with E-state index < -0.39 is 18.0 Å². The molecular weight excluding hydrogens is 296 g/mol. The summed E-state index contributed by atoms with van der Waals surface area (Å²) in [5.41, 5.74) is 6.94. The van der Waals surface area contributed by atoms with Crippen LogP contribution in [0.2, 0.25) is 0 Å². The molecule has 1 rings (SSSR count). The van der Waals surface area contributed by atoms with Crippen LogP contribution in [-0.4, -0.2) is 29.3 Å². The van der Waals surface area contributed by atoms with Gasteiger partial charge in [0.15, 0.2) is 0 Å². The molecule has 6 heteroatoms. The number of nitrogens with one attached hydrogen (secondary N) is 1. The molecule has 6 nitrogen and oxygen atoms in total. The first kappa shape index (κ1) is 18.8. The largest absolute Gasteiger partial charge is 0.491 e. The number of hydrogen-bond donors (Lipinski definition) is 3. The molecule has 0 saturated heterocycles. The van der Waals surface area contributed by atoms with Crippen molar-refractivity contribution in [2.45, 2.75) is 58.6 Å². The van der Waals surface area contributed by atoms with Gasteiger partial charge in [0.1, 0.15) is 11.8 Å². The van der Waals surface area contributed by atoms with Gasteiger partial charge in [0.25, 0.3) is 0 Å². The van der Waals surface area contributed by atoms with Gasteiger partial charge in [-0.1, -0.05) is 32.9 Å². The lowest BCUT2D eigenvalue weighted by atomic mass is 9.84. The number of rotatable bonds is 6. The van der Waals surface area contributed by atoms with Crippen LogP contribution in [0, 0.1) is 0 Å². The van der Waals surface area contributed by atoms with Gasteiger partial charge in [0.05, 0.1) is 6.10 Å². The summed E-state index contributed by atoms with van der Waals surface area (Å²) in [6.45, 7) is 10.1. The Labute approximate surface area is 137 Å². The summed E-state index contributed by atoms with van der Waals surface area (Å²) in [5.74, 6) is 0.0882. The first-order chi connectivity index (χ1) is 10.5. The zero-order chi connectivity index (χ0) is 17.8. The molecular formula is C17H26N2O4. The van der Waals surface area contributed by atoms with E-state index in [1.807, 2.05) is 32.0 Å². The third kappa shape index (κ3) is 5.81. The Morgan fingerprint density at radius 3 is 2.35 bits per heavy atom. The van der Waals surface area contributed by atoms with E-state index in [1.54, 1.807) is 0 Å². The van der Waals surface area contributed by atoms with Gasteiger partial charge in [-0.15, -0.1) is 0 Å². The summed E-state index contributed by atoms with van der Waals surface area (Å²) < 4.78 is 5.84. The molecule has 23 heavy (non-hydrogen) atoms. The van der Waals surface area contributed by atoms with E-state index >= 15 is 0 Å². The van der Waals surface area contributed by atoms with Crippen molar-refractivity contribution in [2.75, 3.05) is 0 Å². The van der Waals surface area contributed by atoms with Gasteiger partial charge in [-0.25, -0.2) is 4.79 Å². The Balaban J connectivity index is 3.13. The predicted molar refractivity (Wildman–Crippen MR) is 88.8 cm³/mol. The SMILES string of the molecule is CC(C)Oc1ccc(CC(NC(=O)O)C(N)=O)cc1C(C)(C)C. The molecule has 0 bridgehead atoms. The van der Waals surface area contributed by atoms with Crippen molar-refractivity contribution >= 4 is 12.0 Å². The second-order valence-corrected chi connectivity index (χ2v) is 6.86. The third-order valence-corrected chi connectivity index (χ3v) is 3.30. The number of ether oxygens (including phenoxy) is 1. The third-order valence-electron chi connectivity index (χ3n) is 3.30. The molecule has 0 heterocycles. The van der Waals surface area contributed by atoms with Crippen molar-refractivity contribution in [1.82, 2.24) is 5.32 Å². The fourth-order valence-corrected chi connectivity index (χ4v) is 2.25. The van der Waals surface area contributed by atoms with E-state index in [4.69, 9.17) is 15.6 Å². The highest BCUT2D eigenvalue weighted by Crippen LogP contribution is 2.33. The van der Waals surface area contributed by atoms with E-state index in [2.05, 4.69) is 26.1 Å². The molecule has 1 aromatic rings. The predicted octanol–water partition coefficient (Wildman–Crippen LogP) is 2.44. The summed E-state index contributed by atoms with van der Waals surface area (Å²) in [4.78, 5) is 22.2. The normalized spacial score (nSPS) is 12.8. The molecule has 0 aliphatic carbocycles. The van der Waals surface area contributed by atoms with Crippen molar-refractivity contribution in [2.24, 2.45) is 5.73 Å². The van der Waals surface area contributed by atoms with Gasteiger partial charge in [0.2, 0.25) is 5.91 Å². The van der Waals surface area contributed by atoms with E-state index in [0.717, 1.165) is 16.9 Å². The van der Waals surface area contributed by atoms with Gasteiger partial charge in [-0.3, -0.25) is 4.79 Å². The van der Waals surface area contributed by atoms with Crippen LogP contribution < -0.4 is 15.8 Å². The van der Waals surface area contributed by atoms with Crippen LogP contribution in [0.5, 0.6) is 5.75 Å². The van der Waals surface area contributed by atoms with Crippen molar-refractivity contribution in [3.8, 4) is 5.75 Å². The lowest BCUT2D eigenvalue weighted by Gasteiger charge is -2.25. The first-order valence-electron chi connectivity index (χ1n) is 7.59. The van der Waals surface area contributed by atoms with E-state index in [0.29, 0.717) is 0 Å². The average Bonchev–Trinajstić information content (AvgIpc) is 2.37. The average molecular weight is 322 g/mol. The van der Waals surface area contributed by atoms with Gasteiger partial charge in [0, 0.05) is 6.42 Å². The molecule has 128 valence electrons. The number of primary amides is 1. The van der Waals surface area contributed by atoms with Gasteiger partial charge in [-0.2, -0.15) is 0 Å². The molecule has 0 radical (unpaired) electrons. The van der Waals surface area contributed by atoms with E-state index in [9.17, 15) is 9.59 Å². The summed E-state index contributed by atoms with van der Waals surface area (Å²) in [7, 11) is 0. The van der Waals surface area contributed by atoms with Crippen LogP contribution in [0.1, 0.15) is 45.7 Å². The minimum atomic E-state index is -1.27. The molecule has 0 fully saturated rings. The molecule has 1 aromatic carbocycles. The van der Waals surface area contributed by atoms with Crippen molar-refractivity contribution in [3.63, 3.8) is 0 Å². The molecule has 1 atom stereocenters. The van der Waals surface area contributed by atoms with Crippen molar-refractivity contribution in [1.29, 1.82) is 0 Å². The molecule has 1 unspecified atom stereocenters. The van der Waals surface area contributed by atoms with Gasteiger partial charge < -0.3 is 20.9 Å². The van der Waals surface area contributed by atoms with Crippen LogP contribution in [0.25, 0.3) is 0 Å². The van der Waals surface area contributed by atoms with E-state index in [-0.39, 0.29) is 17.9 Å². The smallest absolute Gasteiger partial charge is 0.405 e. The summed E-state index contributed by atoms with van der Waals surface area (Å²) >= 11 is 0. The first-order valence-corrected chi connectivity index (χ1v) is 7.59. The molecule has 0 aliphatic heterocycles. The highest BCUT2D eigenvalue weighted by atomic mass is 16.5. The fourth-order valence-electron chi connectivity index (χ4n) is 2.25. The number of amides is 2. The topological polar surface area (TPSA) is 102 Å².